The van der Waals surface area contributed by atoms with Gasteiger partial charge in [-0.05, 0) is 24.8 Å². The average Bonchev–Trinajstić information content (AvgIpc) is 3.22. The molecule has 1 heterocycles. The van der Waals surface area contributed by atoms with Crippen molar-refractivity contribution in [1.29, 1.82) is 0 Å². The molecule has 1 nitrogen and oxygen atoms in total. The van der Waals surface area contributed by atoms with Gasteiger partial charge in [-0.1, -0.05) is 102 Å². The molecule has 0 amide bonds. The van der Waals surface area contributed by atoms with Crippen LogP contribution in [0.3, 0.4) is 0 Å². The zero-order chi connectivity index (χ0) is 17.3. The largest absolute Gasteiger partial charge is 0.374 e. The van der Waals surface area contributed by atoms with Gasteiger partial charge >= 0.3 is 0 Å². The van der Waals surface area contributed by atoms with Gasteiger partial charge in [0.2, 0.25) is 0 Å². The van der Waals surface area contributed by atoms with Gasteiger partial charge in [-0.15, -0.1) is 11.8 Å². The fourth-order valence-electron chi connectivity index (χ4n) is 3.57. The molecule has 24 heavy (non-hydrogen) atoms. The summed E-state index contributed by atoms with van der Waals surface area (Å²) in [6, 6.07) is 0. The normalized spacial score (nSPS) is 25.0. The molecule has 138 valence electrons. The zero-order valence-corrected chi connectivity index (χ0v) is 16.8. The molecule has 2 aliphatic rings. The van der Waals surface area contributed by atoms with E-state index < -0.39 is 4.93 Å². The van der Waals surface area contributed by atoms with E-state index in [0.29, 0.717) is 5.25 Å². The van der Waals surface area contributed by atoms with Crippen LogP contribution in [0.4, 0.5) is 0 Å². The summed E-state index contributed by atoms with van der Waals surface area (Å²) in [5, 5.41) is 10.2. The Hall–Kier alpha value is -0.210. The summed E-state index contributed by atoms with van der Waals surface area (Å²) in [7, 11) is 0. The van der Waals surface area contributed by atoms with Gasteiger partial charge in [-0.2, -0.15) is 0 Å². The van der Waals surface area contributed by atoms with E-state index in [1.807, 2.05) is 6.08 Å². The van der Waals surface area contributed by atoms with E-state index in [1.165, 1.54) is 89.0 Å². The number of fused-ring (bicyclic) bond motifs is 1. The molecule has 1 aliphatic carbocycles. The number of hydrogen-bond acceptors (Lipinski definition) is 2. The minimum Gasteiger partial charge on any atom is -0.374 e. The lowest BCUT2D eigenvalue weighted by Gasteiger charge is -2.09. The fraction of sp³-hybridized carbons (Fsp3) is 0.818. The first kappa shape index (κ1) is 20.1. The Kier molecular flexibility index (Phi) is 8.97. The lowest BCUT2D eigenvalue weighted by atomic mass is 9.99. The molecule has 1 saturated heterocycles. The first-order chi connectivity index (χ1) is 11.6. The lowest BCUT2D eigenvalue weighted by molar-refractivity contribution is 0.228. The Balaban J connectivity index is 1.30. The highest BCUT2D eigenvalue weighted by molar-refractivity contribution is 8.08. The van der Waals surface area contributed by atoms with Gasteiger partial charge in [-0.3, -0.25) is 0 Å². The molecule has 0 aromatic carbocycles. The van der Waals surface area contributed by atoms with E-state index >= 15 is 0 Å². The highest BCUT2D eigenvalue weighted by Crippen LogP contribution is 2.55. The SMILES string of the molecule is CC(C)CCCCCCCCCCCCCC1=CC2SC2(O)C=C1. The molecular weight excluding hydrogens is 312 g/mol. The van der Waals surface area contributed by atoms with Gasteiger partial charge in [0.05, 0.1) is 5.25 Å². The predicted molar refractivity (Wildman–Crippen MR) is 108 cm³/mol. The Bertz CT molecular complexity index is 412. The van der Waals surface area contributed by atoms with Crippen molar-refractivity contribution >= 4 is 11.8 Å². The van der Waals surface area contributed by atoms with Crippen LogP contribution in [0, 0.1) is 5.92 Å². The molecule has 0 spiro atoms. The number of hydrogen-bond donors (Lipinski definition) is 1. The molecule has 0 radical (unpaired) electrons. The molecule has 2 rings (SSSR count). The molecule has 2 unspecified atom stereocenters. The molecule has 0 aromatic rings. The molecule has 0 bridgehead atoms. The highest BCUT2D eigenvalue weighted by atomic mass is 32.2. The summed E-state index contributed by atoms with van der Waals surface area (Å²) in [5.74, 6) is 0.881. The summed E-state index contributed by atoms with van der Waals surface area (Å²) >= 11 is 1.66. The minimum absolute atomic E-state index is 0.350. The first-order valence-corrected chi connectivity index (χ1v) is 11.3. The maximum atomic E-state index is 9.89. The topological polar surface area (TPSA) is 20.2 Å². The standard InChI is InChI=1S/C22H38OS/c1-19(2)14-12-10-8-6-4-3-5-7-9-11-13-15-20-16-17-22(23)21(18-20)24-22/h16-19,21,23H,3-15H2,1-2H3. The summed E-state index contributed by atoms with van der Waals surface area (Å²) < 4.78 is 0. The zero-order valence-electron chi connectivity index (χ0n) is 15.9. The fourth-order valence-corrected chi connectivity index (χ4v) is 4.45. The first-order valence-electron chi connectivity index (χ1n) is 10.4. The Morgan fingerprint density at radius 3 is 2.00 bits per heavy atom. The van der Waals surface area contributed by atoms with Crippen LogP contribution in [0.2, 0.25) is 0 Å². The minimum atomic E-state index is -0.530. The quantitative estimate of drug-likeness (QED) is 0.268. The van der Waals surface area contributed by atoms with E-state index in [0.717, 1.165) is 5.92 Å². The third-order valence-electron chi connectivity index (χ3n) is 5.31. The van der Waals surface area contributed by atoms with Gasteiger partial charge < -0.3 is 5.11 Å². The number of rotatable bonds is 14. The highest BCUT2D eigenvalue weighted by Gasteiger charge is 2.52. The van der Waals surface area contributed by atoms with E-state index in [-0.39, 0.29) is 0 Å². The molecule has 2 atom stereocenters. The van der Waals surface area contributed by atoms with Gasteiger partial charge in [-0.25, -0.2) is 0 Å². The third kappa shape index (κ3) is 7.78. The second-order valence-corrected chi connectivity index (χ2v) is 9.58. The van der Waals surface area contributed by atoms with E-state index in [9.17, 15) is 5.11 Å². The number of aliphatic hydroxyl groups is 1. The van der Waals surface area contributed by atoms with Gasteiger partial charge in [0.1, 0.15) is 4.93 Å². The number of unbranched alkanes of at least 4 members (excludes halogenated alkanes) is 10. The summed E-state index contributed by atoms with van der Waals surface area (Å²) in [6.45, 7) is 4.66. The molecular formula is C22H38OS. The summed E-state index contributed by atoms with van der Waals surface area (Å²) in [4.78, 5) is -0.530. The van der Waals surface area contributed by atoms with Crippen LogP contribution in [0.1, 0.15) is 97.3 Å². The lowest BCUT2D eigenvalue weighted by Crippen LogP contribution is -2.11. The number of thioether (sulfide) groups is 1. The predicted octanol–water partition coefficient (Wildman–Crippen LogP) is 7.01. The van der Waals surface area contributed by atoms with Crippen molar-refractivity contribution < 1.29 is 5.11 Å². The van der Waals surface area contributed by atoms with Crippen molar-refractivity contribution in [3.8, 4) is 0 Å². The second kappa shape index (κ2) is 10.7. The van der Waals surface area contributed by atoms with Crippen LogP contribution < -0.4 is 0 Å². The molecule has 1 fully saturated rings. The maximum absolute atomic E-state index is 9.89. The van der Waals surface area contributed by atoms with E-state index in [2.05, 4.69) is 26.0 Å². The average molecular weight is 351 g/mol. The monoisotopic (exact) mass is 350 g/mol. The van der Waals surface area contributed by atoms with Crippen molar-refractivity contribution in [2.24, 2.45) is 5.92 Å². The van der Waals surface area contributed by atoms with E-state index in [4.69, 9.17) is 0 Å². The van der Waals surface area contributed by atoms with Crippen LogP contribution >= 0.6 is 11.8 Å². The molecule has 1 aliphatic heterocycles. The molecule has 0 saturated carbocycles. The maximum Gasteiger partial charge on any atom is 0.145 e. The van der Waals surface area contributed by atoms with Crippen LogP contribution in [0.25, 0.3) is 0 Å². The summed E-state index contributed by atoms with van der Waals surface area (Å²) in [6.07, 6.45) is 24.6. The van der Waals surface area contributed by atoms with Crippen LogP contribution in [-0.4, -0.2) is 15.3 Å². The molecule has 2 heteroatoms. The molecule has 1 N–H and O–H groups in total. The van der Waals surface area contributed by atoms with E-state index in [1.54, 1.807) is 11.8 Å². The Labute approximate surface area is 154 Å². The second-order valence-electron chi connectivity index (χ2n) is 8.19. The van der Waals surface area contributed by atoms with Crippen molar-refractivity contribution in [3.63, 3.8) is 0 Å². The van der Waals surface area contributed by atoms with Gasteiger partial charge in [0.25, 0.3) is 0 Å². The summed E-state index contributed by atoms with van der Waals surface area (Å²) in [5.41, 5.74) is 1.44. The van der Waals surface area contributed by atoms with Crippen molar-refractivity contribution in [3.05, 3.63) is 23.8 Å². The van der Waals surface area contributed by atoms with Crippen molar-refractivity contribution in [1.82, 2.24) is 0 Å². The Morgan fingerprint density at radius 2 is 1.46 bits per heavy atom. The van der Waals surface area contributed by atoms with Gasteiger partial charge in [0.15, 0.2) is 0 Å². The Morgan fingerprint density at radius 1 is 0.917 bits per heavy atom. The third-order valence-corrected chi connectivity index (χ3v) is 6.58. The van der Waals surface area contributed by atoms with Crippen LogP contribution in [-0.2, 0) is 0 Å². The molecule has 0 aromatic heterocycles. The smallest absolute Gasteiger partial charge is 0.145 e. The van der Waals surface area contributed by atoms with Crippen LogP contribution in [0.5, 0.6) is 0 Å². The van der Waals surface area contributed by atoms with Gasteiger partial charge in [0, 0.05) is 0 Å². The van der Waals surface area contributed by atoms with Crippen LogP contribution in [0.15, 0.2) is 23.8 Å². The van der Waals surface area contributed by atoms with Crippen molar-refractivity contribution in [2.75, 3.05) is 0 Å². The van der Waals surface area contributed by atoms with Crippen molar-refractivity contribution in [2.45, 2.75) is 108 Å². The number of allylic oxidation sites excluding steroid dienone is 2.